The van der Waals surface area contributed by atoms with Crippen LogP contribution in [0.5, 0.6) is 0 Å². The number of rotatable bonds is 7. The van der Waals surface area contributed by atoms with Crippen molar-refractivity contribution in [3.63, 3.8) is 0 Å². The van der Waals surface area contributed by atoms with Crippen molar-refractivity contribution < 1.29 is 13.5 Å². The minimum atomic E-state index is -0.934. The molecule has 0 radical (unpaired) electrons. The van der Waals surface area contributed by atoms with E-state index in [1.54, 1.807) is 19.4 Å². The van der Waals surface area contributed by atoms with E-state index in [-0.39, 0.29) is 5.95 Å². The Morgan fingerprint density at radius 1 is 1.15 bits per heavy atom. The SMILES string of the molecule is COCCNc1nc(C)c(-c2ccnc(Nc3ccc(F)c(F)c3)n2)s1. The highest BCUT2D eigenvalue weighted by atomic mass is 32.1. The van der Waals surface area contributed by atoms with Gasteiger partial charge in [0.05, 0.1) is 22.9 Å². The van der Waals surface area contributed by atoms with Crippen LogP contribution in [0.2, 0.25) is 0 Å². The van der Waals surface area contributed by atoms with Crippen LogP contribution < -0.4 is 10.6 Å². The number of anilines is 3. The number of hydrogen-bond donors (Lipinski definition) is 2. The van der Waals surface area contributed by atoms with E-state index in [0.29, 0.717) is 24.5 Å². The van der Waals surface area contributed by atoms with E-state index in [0.717, 1.165) is 27.8 Å². The van der Waals surface area contributed by atoms with Gasteiger partial charge in [0.15, 0.2) is 16.8 Å². The van der Waals surface area contributed by atoms with E-state index >= 15 is 0 Å². The number of halogens is 2. The summed E-state index contributed by atoms with van der Waals surface area (Å²) < 4.78 is 31.4. The Morgan fingerprint density at radius 2 is 2.00 bits per heavy atom. The van der Waals surface area contributed by atoms with Gasteiger partial charge in [-0.1, -0.05) is 11.3 Å². The first kappa shape index (κ1) is 18.2. The van der Waals surface area contributed by atoms with Crippen molar-refractivity contribution >= 4 is 28.1 Å². The molecule has 0 atom stereocenters. The van der Waals surface area contributed by atoms with Crippen LogP contribution in [-0.2, 0) is 4.74 Å². The van der Waals surface area contributed by atoms with Gasteiger partial charge in [-0.25, -0.2) is 23.7 Å². The number of hydrogen-bond acceptors (Lipinski definition) is 7. The molecule has 0 spiro atoms. The standard InChI is InChI=1S/C17H17F2N5OS/c1-10-15(26-17(22-10)21-7-8-25-2)14-5-6-20-16(24-14)23-11-3-4-12(18)13(19)9-11/h3-6,9H,7-8H2,1-2H3,(H,21,22)(H,20,23,24). The van der Waals surface area contributed by atoms with E-state index in [4.69, 9.17) is 4.74 Å². The Balaban J connectivity index is 1.79. The van der Waals surface area contributed by atoms with Crippen LogP contribution in [0.1, 0.15) is 5.69 Å². The van der Waals surface area contributed by atoms with Gasteiger partial charge in [-0.15, -0.1) is 0 Å². The van der Waals surface area contributed by atoms with E-state index in [2.05, 4.69) is 25.6 Å². The normalized spacial score (nSPS) is 10.8. The van der Waals surface area contributed by atoms with Crippen molar-refractivity contribution in [2.45, 2.75) is 6.92 Å². The van der Waals surface area contributed by atoms with Crippen molar-refractivity contribution in [1.29, 1.82) is 0 Å². The molecule has 2 aromatic heterocycles. The maximum absolute atomic E-state index is 13.3. The second kappa shape index (κ2) is 8.15. The molecule has 0 saturated heterocycles. The Bertz CT molecular complexity index is 903. The van der Waals surface area contributed by atoms with Gasteiger partial charge in [-0.05, 0) is 25.1 Å². The molecule has 1 aromatic carbocycles. The van der Waals surface area contributed by atoms with Crippen LogP contribution >= 0.6 is 11.3 Å². The fourth-order valence-corrected chi connectivity index (χ4v) is 3.18. The van der Waals surface area contributed by atoms with Crippen molar-refractivity contribution in [2.24, 2.45) is 0 Å². The molecule has 2 heterocycles. The zero-order valence-corrected chi connectivity index (χ0v) is 15.0. The summed E-state index contributed by atoms with van der Waals surface area (Å²) in [7, 11) is 1.64. The molecule has 3 rings (SSSR count). The van der Waals surface area contributed by atoms with Crippen LogP contribution in [-0.4, -0.2) is 35.2 Å². The van der Waals surface area contributed by atoms with Crippen LogP contribution in [0.15, 0.2) is 30.5 Å². The number of nitrogens with one attached hydrogen (secondary N) is 2. The fourth-order valence-electron chi connectivity index (χ4n) is 2.22. The van der Waals surface area contributed by atoms with Gasteiger partial charge < -0.3 is 15.4 Å². The van der Waals surface area contributed by atoms with Gasteiger partial charge in [0.1, 0.15) is 0 Å². The van der Waals surface area contributed by atoms with Crippen molar-refractivity contribution in [3.8, 4) is 10.6 Å². The second-order valence-electron chi connectivity index (χ2n) is 5.37. The fraction of sp³-hybridized carbons (Fsp3) is 0.235. The minimum Gasteiger partial charge on any atom is -0.383 e. The first-order chi connectivity index (χ1) is 12.6. The summed E-state index contributed by atoms with van der Waals surface area (Å²) >= 11 is 1.48. The largest absolute Gasteiger partial charge is 0.383 e. The lowest BCUT2D eigenvalue weighted by Gasteiger charge is -2.06. The molecule has 0 fully saturated rings. The van der Waals surface area contributed by atoms with Crippen LogP contribution in [0, 0.1) is 18.6 Å². The average molecular weight is 377 g/mol. The molecule has 26 heavy (non-hydrogen) atoms. The lowest BCUT2D eigenvalue weighted by atomic mass is 10.3. The summed E-state index contributed by atoms with van der Waals surface area (Å²) in [5, 5.41) is 6.84. The first-order valence-electron chi connectivity index (χ1n) is 7.82. The van der Waals surface area contributed by atoms with Crippen LogP contribution in [0.4, 0.5) is 25.5 Å². The summed E-state index contributed by atoms with van der Waals surface area (Å²) in [4.78, 5) is 13.9. The average Bonchev–Trinajstić information content (AvgIpc) is 2.99. The molecular weight excluding hydrogens is 360 g/mol. The van der Waals surface area contributed by atoms with Gasteiger partial charge in [-0.3, -0.25) is 0 Å². The van der Waals surface area contributed by atoms with Crippen LogP contribution in [0.3, 0.4) is 0 Å². The minimum absolute atomic E-state index is 0.287. The van der Waals surface area contributed by atoms with Gasteiger partial charge >= 0.3 is 0 Å². The zero-order valence-electron chi connectivity index (χ0n) is 14.2. The Kier molecular flexibility index (Phi) is 5.69. The predicted molar refractivity (Wildman–Crippen MR) is 97.9 cm³/mol. The molecule has 6 nitrogen and oxygen atoms in total. The summed E-state index contributed by atoms with van der Waals surface area (Å²) in [6.45, 7) is 3.15. The molecule has 0 unspecified atom stereocenters. The van der Waals surface area contributed by atoms with Crippen molar-refractivity contribution in [1.82, 2.24) is 15.0 Å². The third-order valence-electron chi connectivity index (χ3n) is 3.44. The summed E-state index contributed by atoms with van der Waals surface area (Å²) in [6.07, 6.45) is 1.60. The zero-order chi connectivity index (χ0) is 18.5. The Morgan fingerprint density at radius 3 is 2.77 bits per heavy atom. The molecule has 136 valence electrons. The highest BCUT2D eigenvalue weighted by molar-refractivity contribution is 7.19. The van der Waals surface area contributed by atoms with Crippen molar-refractivity contribution in [3.05, 3.63) is 47.8 Å². The molecular formula is C17H17F2N5OS. The number of aryl methyl sites for hydroxylation is 1. The summed E-state index contributed by atoms with van der Waals surface area (Å²) in [6, 6.07) is 5.30. The second-order valence-corrected chi connectivity index (χ2v) is 6.37. The van der Waals surface area contributed by atoms with Gasteiger partial charge in [0, 0.05) is 31.6 Å². The lowest BCUT2D eigenvalue weighted by molar-refractivity contribution is 0.211. The molecule has 3 aromatic rings. The molecule has 0 bridgehead atoms. The van der Waals surface area contributed by atoms with Gasteiger partial charge in [0.2, 0.25) is 5.95 Å². The molecule has 0 aliphatic carbocycles. The Hall–Kier alpha value is -2.65. The van der Waals surface area contributed by atoms with Gasteiger partial charge in [-0.2, -0.15) is 0 Å². The third kappa shape index (κ3) is 4.30. The molecule has 0 saturated carbocycles. The van der Waals surface area contributed by atoms with E-state index < -0.39 is 11.6 Å². The smallest absolute Gasteiger partial charge is 0.227 e. The number of thiazole rings is 1. The molecule has 9 heteroatoms. The lowest BCUT2D eigenvalue weighted by Crippen LogP contribution is -2.06. The number of nitrogens with zero attached hydrogens (tertiary/aromatic N) is 3. The highest BCUT2D eigenvalue weighted by Gasteiger charge is 2.12. The van der Waals surface area contributed by atoms with E-state index in [1.165, 1.54) is 17.4 Å². The summed E-state index contributed by atoms with van der Waals surface area (Å²) in [5.41, 5.74) is 1.90. The summed E-state index contributed by atoms with van der Waals surface area (Å²) in [5.74, 6) is -1.55. The van der Waals surface area contributed by atoms with Gasteiger partial charge in [0.25, 0.3) is 0 Å². The maximum atomic E-state index is 13.3. The highest BCUT2D eigenvalue weighted by Crippen LogP contribution is 2.32. The molecule has 2 N–H and O–H groups in total. The quantitative estimate of drug-likeness (QED) is 0.607. The number of methoxy groups -OCH3 is 1. The number of benzene rings is 1. The van der Waals surface area contributed by atoms with E-state index in [9.17, 15) is 8.78 Å². The van der Waals surface area contributed by atoms with Crippen molar-refractivity contribution in [2.75, 3.05) is 30.9 Å². The first-order valence-corrected chi connectivity index (χ1v) is 8.64. The Labute approximate surface area is 153 Å². The predicted octanol–water partition coefficient (Wildman–Crippen LogP) is 3.99. The topological polar surface area (TPSA) is 72.0 Å². The maximum Gasteiger partial charge on any atom is 0.227 e. The third-order valence-corrected chi connectivity index (χ3v) is 4.58. The van der Waals surface area contributed by atoms with E-state index in [1.807, 2.05) is 6.92 Å². The number of aromatic nitrogens is 3. The molecule has 0 aliphatic rings. The van der Waals surface area contributed by atoms with Crippen LogP contribution in [0.25, 0.3) is 10.6 Å². The molecule has 0 amide bonds. The number of ether oxygens (including phenoxy) is 1. The molecule has 0 aliphatic heterocycles. The monoisotopic (exact) mass is 377 g/mol.